The highest BCUT2D eigenvalue weighted by molar-refractivity contribution is 6.07. The van der Waals surface area contributed by atoms with Crippen LogP contribution in [0.2, 0.25) is 0 Å². The molecular weight excluding hydrogens is 385 g/mol. The predicted octanol–water partition coefficient (Wildman–Crippen LogP) is 3.75. The monoisotopic (exact) mass is 403 g/mol. The molecule has 3 aromatic carbocycles. The highest BCUT2D eigenvalue weighted by atomic mass is 19.1. The Balaban J connectivity index is 1.79. The number of nitrogens with zero attached hydrogens (tertiary/aromatic N) is 1. The number of carbonyl (C=O) groups is 1. The Bertz CT molecular complexity index is 1140. The number of nitro groups is 1. The topological polar surface area (TPSA) is 84.3 Å². The molecule has 0 bridgehead atoms. The van der Waals surface area contributed by atoms with Gasteiger partial charge in [-0.15, -0.1) is 0 Å². The van der Waals surface area contributed by atoms with Gasteiger partial charge in [0.25, 0.3) is 0 Å². The summed E-state index contributed by atoms with van der Waals surface area (Å²) in [6, 6.07) is 20.2. The van der Waals surface area contributed by atoms with Crippen molar-refractivity contribution >= 4 is 11.6 Å². The van der Waals surface area contributed by atoms with Crippen molar-refractivity contribution < 1.29 is 14.1 Å². The van der Waals surface area contributed by atoms with E-state index in [1.807, 2.05) is 12.1 Å². The molecular formula is C23H18FN3O3. The smallest absolute Gasteiger partial charge is 0.250 e. The van der Waals surface area contributed by atoms with Crippen LogP contribution in [-0.2, 0) is 10.3 Å². The lowest BCUT2D eigenvalue weighted by Crippen LogP contribution is -2.48. The Morgan fingerprint density at radius 1 is 0.933 bits per heavy atom. The maximum absolute atomic E-state index is 14.2. The van der Waals surface area contributed by atoms with Crippen LogP contribution in [0, 0.1) is 15.9 Å². The fourth-order valence-electron chi connectivity index (χ4n) is 4.91. The second kappa shape index (κ2) is 6.74. The van der Waals surface area contributed by atoms with Crippen molar-refractivity contribution in [1.82, 2.24) is 5.32 Å². The second-order valence-electron chi connectivity index (χ2n) is 7.65. The standard InChI is InChI=1S/C23H18FN3O3/c24-16-11-12-18-17(13-16)23(22(28)25-18)19(14-7-3-1-4-8-14)21(27(29)30)20(26-23)15-9-5-2-6-10-15/h1-13,19-21,26H,(H,25,28)/t19-,20+,21+,23+/m1/s1. The first-order valence-corrected chi connectivity index (χ1v) is 9.65. The first kappa shape index (κ1) is 18.4. The fourth-order valence-corrected chi connectivity index (χ4v) is 4.91. The van der Waals surface area contributed by atoms with Gasteiger partial charge in [-0.2, -0.15) is 0 Å². The van der Waals surface area contributed by atoms with Gasteiger partial charge in [0.05, 0.1) is 5.92 Å². The van der Waals surface area contributed by atoms with E-state index in [-0.39, 0.29) is 4.92 Å². The van der Waals surface area contributed by atoms with Gasteiger partial charge in [-0.3, -0.25) is 20.2 Å². The first-order chi connectivity index (χ1) is 14.5. The average molecular weight is 403 g/mol. The van der Waals surface area contributed by atoms with Crippen LogP contribution in [-0.4, -0.2) is 16.9 Å². The zero-order chi connectivity index (χ0) is 20.9. The molecule has 2 N–H and O–H groups in total. The summed E-state index contributed by atoms with van der Waals surface area (Å²) in [5, 5.41) is 18.4. The van der Waals surface area contributed by atoms with Crippen LogP contribution in [0.15, 0.2) is 78.9 Å². The van der Waals surface area contributed by atoms with Crippen LogP contribution in [0.4, 0.5) is 10.1 Å². The molecule has 1 fully saturated rings. The Morgan fingerprint density at radius 3 is 2.20 bits per heavy atom. The van der Waals surface area contributed by atoms with Crippen LogP contribution in [0.5, 0.6) is 0 Å². The first-order valence-electron chi connectivity index (χ1n) is 9.65. The largest absolute Gasteiger partial charge is 0.324 e. The number of hydrogen-bond donors (Lipinski definition) is 2. The number of halogens is 1. The third-order valence-electron chi connectivity index (χ3n) is 6.11. The van der Waals surface area contributed by atoms with Gasteiger partial charge in [0, 0.05) is 16.2 Å². The molecule has 150 valence electrons. The molecule has 0 unspecified atom stereocenters. The molecule has 0 aliphatic carbocycles. The number of rotatable bonds is 3. The average Bonchev–Trinajstić information content (AvgIpc) is 3.26. The normalized spacial score (nSPS) is 27.1. The van der Waals surface area contributed by atoms with Crippen molar-refractivity contribution in [2.45, 2.75) is 23.5 Å². The van der Waals surface area contributed by atoms with E-state index in [1.54, 1.807) is 48.5 Å². The minimum atomic E-state index is -1.46. The summed E-state index contributed by atoms with van der Waals surface area (Å²) in [7, 11) is 0. The molecule has 4 atom stereocenters. The lowest BCUT2D eigenvalue weighted by molar-refractivity contribution is -0.527. The number of amides is 1. The molecule has 7 heteroatoms. The quantitative estimate of drug-likeness (QED) is 0.515. The lowest BCUT2D eigenvalue weighted by atomic mass is 9.74. The van der Waals surface area contributed by atoms with Crippen molar-refractivity contribution in [3.63, 3.8) is 0 Å². The molecule has 0 aromatic heterocycles. The van der Waals surface area contributed by atoms with E-state index in [2.05, 4.69) is 10.6 Å². The molecule has 2 aliphatic rings. The van der Waals surface area contributed by atoms with E-state index in [0.717, 1.165) is 0 Å². The number of benzene rings is 3. The summed E-state index contributed by atoms with van der Waals surface area (Å²) in [5.41, 5.74) is 0.751. The van der Waals surface area contributed by atoms with Crippen LogP contribution < -0.4 is 10.6 Å². The molecule has 2 aliphatic heterocycles. The predicted molar refractivity (Wildman–Crippen MR) is 109 cm³/mol. The van der Waals surface area contributed by atoms with Crippen LogP contribution in [0.1, 0.15) is 28.7 Å². The third-order valence-corrected chi connectivity index (χ3v) is 6.11. The van der Waals surface area contributed by atoms with Crippen molar-refractivity contribution in [3.05, 3.63) is 111 Å². The van der Waals surface area contributed by atoms with Gasteiger partial charge in [-0.05, 0) is 29.3 Å². The summed E-state index contributed by atoms with van der Waals surface area (Å²) in [4.78, 5) is 25.4. The number of nitrogens with one attached hydrogen (secondary N) is 2. The third kappa shape index (κ3) is 2.55. The van der Waals surface area contributed by atoms with Gasteiger partial charge < -0.3 is 5.32 Å². The van der Waals surface area contributed by atoms with Gasteiger partial charge in [0.1, 0.15) is 17.4 Å². The highest BCUT2D eigenvalue weighted by Gasteiger charge is 2.66. The molecule has 30 heavy (non-hydrogen) atoms. The molecule has 2 heterocycles. The van der Waals surface area contributed by atoms with Crippen molar-refractivity contribution in [3.8, 4) is 0 Å². The minimum Gasteiger partial charge on any atom is -0.324 e. The minimum absolute atomic E-state index is 0.332. The molecule has 6 nitrogen and oxygen atoms in total. The zero-order valence-electron chi connectivity index (χ0n) is 15.8. The SMILES string of the molecule is O=C1Nc2ccc(F)cc2[C@@]12N[C@@H](c1ccccc1)[C@@H]([N+](=O)[O-])[C@H]2c1ccccc1. The van der Waals surface area contributed by atoms with Gasteiger partial charge in [-0.25, -0.2) is 4.39 Å². The number of fused-ring (bicyclic) bond motifs is 2. The molecule has 1 amide bonds. The Kier molecular flexibility index (Phi) is 4.15. The van der Waals surface area contributed by atoms with Crippen LogP contribution >= 0.6 is 0 Å². The Morgan fingerprint density at radius 2 is 1.57 bits per heavy atom. The van der Waals surface area contributed by atoms with Crippen molar-refractivity contribution in [2.24, 2.45) is 0 Å². The maximum Gasteiger partial charge on any atom is 0.250 e. The second-order valence-corrected chi connectivity index (χ2v) is 7.65. The van der Waals surface area contributed by atoms with E-state index in [9.17, 15) is 19.3 Å². The van der Waals surface area contributed by atoms with Gasteiger partial charge in [0.15, 0.2) is 0 Å². The van der Waals surface area contributed by atoms with Crippen molar-refractivity contribution in [1.29, 1.82) is 0 Å². The van der Waals surface area contributed by atoms with E-state index in [1.165, 1.54) is 18.2 Å². The number of hydrogen-bond acceptors (Lipinski definition) is 4. The number of carbonyl (C=O) groups excluding carboxylic acids is 1. The van der Waals surface area contributed by atoms with Crippen LogP contribution in [0.3, 0.4) is 0 Å². The summed E-state index contributed by atoms with van der Waals surface area (Å²) >= 11 is 0. The molecule has 5 rings (SSSR count). The molecule has 0 saturated carbocycles. The zero-order valence-corrected chi connectivity index (χ0v) is 15.8. The molecule has 1 spiro atoms. The molecule has 1 saturated heterocycles. The maximum atomic E-state index is 14.2. The highest BCUT2D eigenvalue weighted by Crippen LogP contribution is 2.55. The Hall–Kier alpha value is -3.58. The summed E-state index contributed by atoms with van der Waals surface area (Å²) in [6.45, 7) is 0. The lowest BCUT2D eigenvalue weighted by Gasteiger charge is -2.29. The van der Waals surface area contributed by atoms with Gasteiger partial charge in [-0.1, -0.05) is 60.7 Å². The Labute approximate surface area is 171 Å². The summed E-state index contributed by atoms with van der Waals surface area (Å²) in [6.07, 6.45) is 0. The fraction of sp³-hybridized carbons (Fsp3) is 0.174. The van der Waals surface area contributed by atoms with Crippen molar-refractivity contribution in [2.75, 3.05) is 5.32 Å². The van der Waals surface area contributed by atoms with E-state index >= 15 is 0 Å². The molecule has 0 radical (unpaired) electrons. The molecule has 3 aromatic rings. The number of anilines is 1. The van der Waals surface area contributed by atoms with E-state index < -0.39 is 35.3 Å². The summed E-state index contributed by atoms with van der Waals surface area (Å²) in [5.74, 6) is -1.75. The van der Waals surface area contributed by atoms with Gasteiger partial charge >= 0.3 is 0 Å². The van der Waals surface area contributed by atoms with E-state index in [0.29, 0.717) is 22.4 Å². The van der Waals surface area contributed by atoms with E-state index in [4.69, 9.17) is 0 Å². The summed E-state index contributed by atoms with van der Waals surface area (Å²) < 4.78 is 14.2. The van der Waals surface area contributed by atoms with Crippen LogP contribution in [0.25, 0.3) is 0 Å². The van der Waals surface area contributed by atoms with Gasteiger partial charge in [0.2, 0.25) is 11.9 Å².